The first kappa shape index (κ1) is 27.0. The van der Waals surface area contributed by atoms with Crippen molar-refractivity contribution in [2.75, 3.05) is 0 Å². The van der Waals surface area contributed by atoms with Crippen molar-refractivity contribution in [3.63, 3.8) is 0 Å². The highest BCUT2D eigenvalue weighted by molar-refractivity contribution is 6.21. The molecule has 2 heterocycles. The van der Waals surface area contributed by atoms with E-state index in [-0.39, 0.29) is 0 Å². The van der Waals surface area contributed by atoms with Crippen LogP contribution in [-0.4, -0.2) is 14.5 Å². The average molecular weight is 600 g/mol. The number of rotatable bonds is 5. The van der Waals surface area contributed by atoms with Gasteiger partial charge in [0.05, 0.1) is 22.4 Å². The number of benzene rings is 7. The third-order valence-corrected chi connectivity index (χ3v) is 9.03. The van der Waals surface area contributed by atoms with E-state index in [1.165, 1.54) is 43.8 Å². The molecule has 0 aliphatic heterocycles. The summed E-state index contributed by atoms with van der Waals surface area (Å²) in [6, 6.07) is 62.0. The summed E-state index contributed by atoms with van der Waals surface area (Å²) in [5, 5.41) is 4.81. The number of nitrogens with zero attached hydrogens (tertiary/aromatic N) is 3. The Labute approximate surface area is 273 Å². The SMILES string of the molecule is c1ccc(-c2ccc(-c3ccc4c(ccc5c4c4ccccc4n5-c4nc(-c5ccccc5)cc(-c5ccccc5)n4)c3)cc2)cc1. The fraction of sp³-hybridized carbons (Fsp3) is 0. The summed E-state index contributed by atoms with van der Waals surface area (Å²) in [5.74, 6) is 0.658. The summed E-state index contributed by atoms with van der Waals surface area (Å²) < 4.78 is 2.22. The zero-order chi connectivity index (χ0) is 31.2. The van der Waals surface area contributed by atoms with Crippen molar-refractivity contribution in [3.05, 3.63) is 176 Å². The normalized spacial score (nSPS) is 11.4. The number of aromatic nitrogens is 3. The van der Waals surface area contributed by atoms with Crippen LogP contribution in [0.1, 0.15) is 0 Å². The minimum absolute atomic E-state index is 0.658. The molecular weight excluding hydrogens is 571 g/mol. The topological polar surface area (TPSA) is 30.7 Å². The van der Waals surface area contributed by atoms with Gasteiger partial charge in [0.25, 0.3) is 0 Å². The Morgan fingerprint density at radius 2 is 0.851 bits per heavy atom. The molecule has 0 spiro atoms. The fourth-order valence-corrected chi connectivity index (χ4v) is 6.73. The number of hydrogen-bond donors (Lipinski definition) is 0. The van der Waals surface area contributed by atoms with Crippen molar-refractivity contribution < 1.29 is 0 Å². The largest absolute Gasteiger partial charge is 0.278 e. The molecule has 0 aliphatic rings. The zero-order valence-electron chi connectivity index (χ0n) is 25.6. The van der Waals surface area contributed by atoms with Crippen molar-refractivity contribution in [1.82, 2.24) is 14.5 Å². The Morgan fingerprint density at radius 3 is 1.49 bits per heavy atom. The van der Waals surface area contributed by atoms with E-state index >= 15 is 0 Å². The van der Waals surface area contributed by atoms with Gasteiger partial charge >= 0.3 is 0 Å². The summed E-state index contributed by atoms with van der Waals surface area (Å²) in [6.45, 7) is 0. The van der Waals surface area contributed by atoms with Crippen LogP contribution in [0.3, 0.4) is 0 Å². The molecule has 0 unspecified atom stereocenters. The second kappa shape index (κ2) is 11.2. The first-order chi connectivity index (χ1) is 23.3. The van der Waals surface area contributed by atoms with Crippen LogP contribution in [0.5, 0.6) is 0 Å². The predicted octanol–water partition coefficient (Wildman–Crippen LogP) is 11.4. The van der Waals surface area contributed by atoms with E-state index in [4.69, 9.17) is 9.97 Å². The molecule has 0 bridgehead atoms. The van der Waals surface area contributed by atoms with Crippen molar-refractivity contribution in [1.29, 1.82) is 0 Å². The fourth-order valence-electron chi connectivity index (χ4n) is 6.73. The third-order valence-electron chi connectivity index (χ3n) is 9.03. The molecule has 220 valence electrons. The monoisotopic (exact) mass is 599 g/mol. The second-order valence-corrected chi connectivity index (χ2v) is 11.9. The standard InChI is InChI=1S/C44H29N3/c1-4-12-30(13-5-1)31-20-22-32(23-21-31)35-24-26-37-36(28-35)25-27-42-43(37)38-18-10-11-19-41(38)47(42)44-45-39(33-14-6-2-7-15-33)29-40(46-44)34-16-8-3-9-17-34/h1-29H. The summed E-state index contributed by atoms with van der Waals surface area (Å²) in [4.78, 5) is 10.4. The van der Waals surface area contributed by atoms with E-state index < -0.39 is 0 Å². The van der Waals surface area contributed by atoms with Gasteiger partial charge in [-0.3, -0.25) is 4.57 Å². The van der Waals surface area contributed by atoms with Crippen LogP contribution in [0, 0.1) is 0 Å². The lowest BCUT2D eigenvalue weighted by atomic mass is 9.97. The maximum atomic E-state index is 5.19. The average Bonchev–Trinajstić information content (AvgIpc) is 3.50. The number of fused-ring (bicyclic) bond motifs is 5. The van der Waals surface area contributed by atoms with E-state index in [9.17, 15) is 0 Å². The van der Waals surface area contributed by atoms with E-state index in [0.717, 1.165) is 33.5 Å². The molecule has 7 aromatic carbocycles. The highest BCUT2D eigenvalue weighted by atomic mass is 15.2. The molecule has 0 radical (unpaired) electrons. The van der Waals surface area contributed by atoms with Gasteiger partial charge in [-0.2, -0.15) is 0 Å². The Kier molecular flexibility index (Phi) is 6.46. The second-order valence-electron chi connectivity index (χ2n) is 11.9. The molecule has 0 N–H and O–H groups in total. The molecule has 3 heteroatoms. The molecule has 9 rings (SSSR count). The Morgan fingerprint density at radius 1 is 0.340 bits per heavy atom. The summed E-state index contributed by atoms with van der Waals surface area (Å²) in [5.41, 5.74) is 10.9. The first-order valence-corrected chi connectivity index (χ1v) is 15.9. The van der Waals surface area contributed by atoms with Gasteiger partial charge in [0.1, 0.15) is 0 Å². The predicted molar refractivity (Wildman–Crippen MR) is 196 cm³/mol. The van der Waals surface area contributed by atoms with Crippen LogP contribution in [0.15, 0.2) is 176 Å². The van der Waals surface area contributed by atoms with Crippen molar-refractivity contribution >= 4 is 32.6 Å². The van der Waals surface area contributed by atoms with Crippen molar-refractivity contribution in [3.8, 4) is 50.7 Å². The van der Waals surface area contributed by atoms with Gasteiger partial charge in [-0.1, -0.05) is 152 Å². The van der Waals surface area contributed by atoms with E-state index in [1.807, 2.05) is 12.1 Å². The van der Waals surface area contributed by atoms with Crippen LogP contribution >= 0.6 is 0 Å². The lowest BCUT2D eigenvalue weighted by Gasteiger charge is -2.12. The molecule has 0 amide bonds. The van der Waals surface area contributed by atoms with Crippen molar-refractivity contribution in [2.24, 2.45) is 0 Å². The van der Waals surface area contributed by atoms with Crippen LogP contribution in [0.25, 0.3) is 83.3 Å². The molecule has 3 nitrogen and oxygen atoms in total. The van der Waals surface area contributed by atoms with Crippen LogP contribution in [-0.2, 0) is 0 Å². The molecule has 9 aromatic rings. The Balaban J connectivity index is 1.22. The molecular formula is C44H29N3. The minimum atomic E-state index is 0.658. The number of hydrogen-bond acceptors (Lipinski definition) is 2. The molecule has 0 aliphatic carbocycles. The van der Waals surface area contributed by atoms with Gasteiger partial charge in [0.15, 0.2) is 0 Å². The van der Waals surface area contributed by atoms with E-state index in [1.54, 1.807) is 0 Å². The maximum Gasteiger partial charge on any atom is 0.235 e. The Hall–Kier alpha value is -6.32. The van der Waals surface area contributed by atoms with Gasteiger partial charge in [0, 0.05) is 21.9 Å². The highest BCUT2D eigenvalue weighted by Gasteiger charge is 2.18. The molecule has 0 atom stereocenters. The van der Waals surface area contributed by atoms with Gasteiger partial charge < -0.3 is 0 Å². The molecule has 0 fully saturated rings. The minimum Gasteiger partial charge on any atom is -0.278 e. The molecule has 2 aromatic heterocycles. The third kappa shape index (κ3) is 4.77. The smallest absolute Gasteiger partial charge is 0.235 e. The lowest BCUT2D eigenvalue weighted by molar-refractivity contribution is 0.996. The van der Waals surface area contributed by atoms with Crippen molar-refractivity contribution in [2.45, 2.75) is 0 Å². The quantitative estimate of drug-likeness (QED) is 0.197. The first-order valence-electron chi connectivity index (χ1n) is 15.9. The zero-order valence-corrected chi connectivity index (χ0v) is 25.6. The lowest BCUT2D eigenvalue weighted by Crippen LogP contribution is -2.03. The van der Waals surface area contributed by atoms with Gasteiger partial charge in [-0.15, -0.1) is 0 Å². The van der Waals surface area contributed by atoms with E-state index in [2.05, 4.69) is 168 Å². The molecule has 0 saturated heterocycles. The number of para-hydroxylation sites is 1. The van der Waals surface area contributed by atoms with Crippen LogP contribution < -0.4 is 0 Å². The summed E-state index contributed by atoms with van der Waals surface area (Å²) >= 11 is 0. The maximum absolute atomic E-state index is 5.19. The molecule has 0 saturated carbocycles. The van der Waals surface area contributed by atoms with Gasteiger partial charge in [-0.05, 0) is 57.3 Å². The van der Waals surface area contributed by atoms with Crippen LogP contribution in [0.2, 0.25) is 0 Å². The van der Waals surface area contributed by atoms with Gasteiger partial charge in [0.2, 0.25) is 5.95 Å². The van der Waals surface area contributed by atoms with E-state index in [0.29, 0.717) is 5.95 Å². The Bertz CT molecular complexity index is 2480. The summed E-state index contributed by atoms with van der Waals surface area (Å²) in [6.07, 6.45) is 0. The summed E-state index contributed by atoms with van der Waals surface area (Å²) in [7, 11) is 0. The van der Waals surface area contributed by atoms with Crippen LogP contribution in [0.4, 0.5) is 0 Å². The molecule has 47 heavy (non-hydrogen) atoms. The van der Waals surface area contributed by atoms with Gasteiger partial charge in [-0.25, -0.2) is 9.97 Å². The highest BCUT2D eigenvalue weighted by Crippen LogP contribution is 2.38.